The maximum atomic E-state index is 11.8. The first-order valence-corrected chi connectivity index (χ1v) is 5.70. The van der Waals surface area contributed by atoms with E-state index < -0.39 is 0 Å². The smallest absolute Gasteiger partial charge is 0.272 e. The summed E-state index contributed by atoms with van der Waals surface area (Å²) < 4.78 is 10.4. The van der Waals surface area contributed by atoms with Crippen molar-refractivity contribution < 1.29 is 14.6 Å². The maximum Gasteiger partial charge on any atom is 0.272 e. The number of rotatable bonds is 5. The molecule has 0 radical (unpaired) electrons. The highest BCUT2D eigenvalue weighted by atomic mass is 16.5. The number of aromatic nitrogens is 2. The van der Waals surface area contributed by atoms with Gasteiger partial charge >= 0.3 is 0 Å². The molecule has 7 heteroatoms. The molecule has 0 fully saturated rings. The zero-order chi connectivity index (χ0) is 13.8. The molecule has 0 aliphatic heterocycles. The fourth-order valence-electron chi connectivity index (χ4n) is 1.80. The quantitative estimate of drug-likeness (QED) is 0.721. The third kappa shape index (κ3) is 2.45. The van der Waals surface area contributed by atoms with Gasteiger partial charge in [0.2, 0.25) is 0 Å². The Labute approximate surface area is 109 Å². The van der Waals surface area contributed by atoms with Crippen LogP contribution in [0.15, 0.2) is 16.9 Å². The van der Waals surface area contributed by atoms with Gasteiger partial charge in [-0.1, -0.05) is 0 Å². The highest BCUT2D eigenvalue weighted by Crippen LogP contribution is 2.32. The van der Waals surface area contributed by atoms with Crippen molar-refractivity contribution in [2.45, 2.75) is 0 Å². The van der Waals surface area contributed by atoms with Crippen LogP contribution in [-0.4, -0.2) is 42.7 Å². The Balaban J connectivity index is 2.66. The van der Waals surface area contributed by atoms with E-state index in [1.165, 1.54) is 14.2 Å². The van der Waals surface area contributed by atoms with E-state index in [2.05, 4.69) is 15.5 Å². The Hall–Kier alpha value is -2.28. The fourth-order valence-corrected chi connectivity index (χ4v) is 1.80. The molecule has 0 saturated carbocycles. The van der Waals surface area contributed by atoms with Crippen LogP contribution in [0.1, 0.15) is 0 Å². The van der Waals surface area contributed by atoms with E-state index >= 15 is 0 Å². The van der Waals surface area contributed by atoms with E-state index in [-0.39, 0.29) is 12.2 Å². The van der Waals surface area contributed by atoms with Gasteiger partial charge in [-0.05, 0) is 12.1 Å². The van der Waals surface area contributed by atoms with Gasteiger partial charge < -0.3 is 19.9 Å². The lowest BCUT2D eigenvalue weighted by Crippen LogP contribution is -2.14. The lowest BCUT2D eigenvalue weighted by Gasteiger charge is -2.11. The zero-order valence-electron chi connectivity index (χ0n) is 10.7. The minimum atomic E-state index is -0.314. The second kappa shape index (κ2) is 5.57. The molecular weight excluding hydrogens is 250 g/mol. The molecule has 0 amide bonds. The minimum absolute atomic E-state index is 0.0322. The monoisotopic (exact) mass is 265 g/mol. The Bertz CT molecular complexity index is 639. The average molecular weight is 265 g/mol. The first-order valence-electron chi connectivity index (χ1n) is 5.70. The Morgan fingerprint density at radius 2 is 1.89 bits per heavy atom. The normalized spacial score (nSPS) is 10.5. The predicted octanol–water partition coefficient (Wildman–Crippen LogP) is 0.344. The molecule has 1 aromatic carbocycles. The predicted molar refractivity (Wildman–Crippen MR) is 71.0 cm³/mol. The van der Waals surface area contributed by atoms with Crippen molar-refractivity contribution in [3.05, 3.63) is 22.5 Å². The molecule has 0 aliphatic carbocycles. The van der Waals surface area contributed by atoms with Crippen LogP contribution >= 0.6 is 0 Å². The van der Waals surface area contributed by atoms with Crippen molar-refractivity contribution in [1.82, 2.24) is 10.2 Å². The number of aliphatic hydroxyl groups is 1. The van der Waals surface area contributed by atoms with Crippen LogP contribution in [0.5, 0.6) is 11.5 Å². The van der Waals surface area contributed by atoms with Gasteiger partial charge in [-0.25, -0.2) is 5.10 Å². The first-order chi connectivity index (χ1) is 9.21. The molecule has 7 nitrogen and oxygen atoms in total. The number of nitrogens with zero attached hydrogens (tertiary/aromatic N) is 1. The van der Waals surface area contributed by atoms with Crippen molar-refractivity contribution in [3.8, 4) is 11.5 Å². The Kier molecular flexibility index (Phi) is 3.86. The number of aromatic amines is 1. The van der Waals surface area contributed by atoms with Crippen molar-refractivity contribution >= 4 is 16.6 Å². The van der Waals surface area contributed by atoms with Crippen LogP contribution in [0.4, 0.5) is 5.82 Å². The number of hydrogen-bond donors (Lipinski definition) is 3. The molecule has 1 heterocycles. The van der Waals surface area contributed by atoms with E-state index in [1.54, 1.807) is 12.1 Å². The lowest BCUT2D eigenvalue weighted by molar-refractivity contribution is 0.311. The Morgan fingerprint density at radius 3 is 2.47 bits per heavy atom. The summed E-state index contributed by atoms with van der Waals surface area (Å²) in [5.41, 5.74) is -0.314. The van der Waals surface area contributed by atoms with Crippen LogP contribution < -0.4 is 20.3 Å². The molecule has 0 unspecified atom stereocenters. The number of benzene rings is 1. The van der Waals surface area contributed by atoms with Gasteiger partial charge in [-0.2, -0.15) is 5.10 Å². The SMILES string of the molecule is COc1cc2c(NCCO)n[nH]c(=O)c2cc1OC. The number of aliphatic hydroxyl groups excluding tert-OH is 1. The molecule has 0 bridgehead atoms. The first kappa shape index (κ1) is 13.2. The number of nitrogens with one attached hydrogen (secondary N) is 2. The summed E-state index contributed by atoms with van der Waals surface area (Å²) in [6.07, 6.45) is 0. The highest BCUT2D eigenvalue weighted by Gasteiger charge is 2.12. The molecule has 0 spiro atoms. The average Bonchev–Trinajstić information content (AvgIpc) is 2.45. The van der Waals surface area contributed by atoms with Crippen LogP contribution in [0.3, 0.4) is 0 Å². The molecule has 0 aliphatic rings. The second-order valence-corrected chi connectivity index (χ2v) is 3.80. The molecule has 1 aromatic heterocycles. The van der Waals surface area contributed by atoms with E-state index in [9.17, 15) is 4.79 Å². The number of H-pyrrole nitrogens is 1. The van der Waals surface area contributed by atoms with E-state index in [0.717, 1.165) is 0 Å². The van der Waals surface area contributed by atoms with Gasteiger partial charge in [0.1, 0.15) is 0 Å². The van der Waals surface area contributed by atoms with Crippen LogP contribution in [0.2, 0.25) is 0 Å². The van der Waals surface area contributed by atoms with Gasteiger partial charge in [0.15, 0.2) is 17.3 Å². The third-order valence-corrected chi connectivity index (χ3v) is 2.70. The van der Waals surface area contributed by atoms with Gasteiger partial charge in [0.25, 0.3) is 5.56 Å². The van der Waals surface area contributed by atoms with Gasteiger partial charge in [-0.3, -0.25) is 4.79 Å². The van der Waals surface area contributed by atoms with Crippen molar-refractivity contribution in [1.29, 1.82) is 0 Å². The summed E-state index contributed by atoms with van der Waals surface area (Å²) >= 11 is 0. The second-order valence-electron chi connectivity index (χ2n) is 3.80. The Morgan fingerprint density at radius 1 is 1.26 bits per heavy atom. The van der Waals surface area contributed by atoms with Crippen LogP contribution in [0, 0.1) is 0 Å². The lowest BCUT2D eigenvalue weighted by atomic mass is 10.1. The van der Waals surface area contributed by atoms with Gasteiger partial charge in [0.05, 0.1) is 26.2 Å². The molecule has 2 aromatic rings. The summed E-state index contributed by atoms with van der Waals surface area (Å²) in [5, 5.41) is 19.1. The van der Waals surface area contributed by atoms with Crippen molar-refractivity contribution in [3.63, 3.8) is 0 Å². The van der Waals surface area contributed by atoms with E-state index in [0.29, 0.717) is 34.6 Å². The van der Waals surface area contributed by atoms with Gasteiger partial charge in [-0.15, -0.1) is 0 Å². The van der Waals surface area contributed by atoms with Gasteiger partial charge in [0, 0.05) is 11.9 Å². The van der Waals surface area contributed by atoms with Crippen LogP contribution in [-0.2, 0) is 0 Å². The molecule has 19 heavy (non-hydrogen) atoms. The number of fused-ring (bicyclic) bond motifs is 1. The van der Waals surface area contributed by atoms with E-state index in [4.69, 9.17) is 14.6 Å². The summed E-state index contributed by atoms with van der Waals surface area (Å²) in [6, 6.07) is 3.27. The summed E-state index contributed by atoms with van der Waals surface area (Å²) in [4.78, 5) is 11.8. The van der Waals surface area contributed by atoms with E-state index in [1.807, 2.05) is 0 Å². The van der Waals surface area contributed by atoms with Crippen molar-refractivity contribution in [2.24, 2.45) is 0 Å². The number of methoxy groups -OCH3 is 2. The fraction of sp³-hybridized carbons (Fsp3) is 0.333. The number of ether oxygens (including phenoxy) is 2. The molecular formula is C12H15N3O4. The standard InChI is InChI=1S/C12H15N3O4/c1-18-9-5-7-8(6-10(9)19-2)12(17)15-14-11(7)13-3-4-16/h5-6,16H,3-4H2,1-2H3,(H,13,14)(H,15,17). The van der Waals surface area contributed by atoms with Crippen molar-refractivity contribution in [2.75, 3.05) is 32.7 Å². The van der Waals surface area contributed by atoms with Crippen LogP contribution in [0.25, 0.3) is 10.8 Å². The zero-order valence-corrected chi connectivity index (χ0v) is 10.7. The molecule has 102 valence electrons. The topological polar surface area (TPSA) is 96.5 Å². The maximum absolute atomic E-state index is 11.8. The summed E-state index contributed by atoms with van der Waals surface area (Å²) in [7, 11) is 3.02. The molecule has 2 rings (SSSR count). The third-order valence-electron chi connectivity index (χ3n) is 2.70. The number of hydrogen-bond acceptors (Lipinski definition) is 6. The minimum Gasteiger partial charge on any atom is -0.493 e. The largest absolute Gasteiger partial charge is 0.493 e. The summed E-state index contributed by atoms with van der Waals surface area (Å²) in [5.74, 6) is 1.46. The molecule has 0 saturated heterocycles. The number of anilines is 1. The molecule has 0 atom stereocenters. The highest BCUT2D eigenvalue weighted by molar-refractivity contribution is 5.93. The molecule has 3 N–H and O–H groups in total. The summed E-state index contributed by atoms with van der Waals surface area (Å²) in [6.45, 7) is 0.304.